The Morgan fingerprint density at radius 3 is 1.81 bits per heavy atom. The van der Waals surface area contributed by atoms with Crippen molar-refractivity contribution in [2.75, 3.05) is 0 Å². The molecule has 0 saturated heterocycles. The summed E-state index contributed by atoms with van der Waals surface area (Å²) in [5, 5.41) is 3.63. The molecule has 0 saturated carbocycles. The molecule has 1 N–H and O–H groups in total. The summed E-state index contributed by atoms with van der Waals surface area (Å²) in [6.07, 6.45) is 5.44. The summed E-state index contributed by atoms with van der Waals surface area (Å²) < 4.78 is 0. The lowest BCUT2D eigenvalue weighted by molar-refractivity contribution is 0.338. The molecular formula is C15H33N. The van der Waals surface area contributed by atoms with Crippen LogP contribution >= 0.6 is 0 Å². The van der Waals surface area contributed by atoms with Crippen molar-refractivity contribution in [1.82, 2.24) is 5.32 Å². The Kier molecular flexibility index (Phi) is 7.30. The number of nitrogens with one attached hydrogen (secondary N) is 1. The fraction of sp³-hybridized carbons (Fsp3) is 1.00. The monoisotopic (exact) mass is 227 g/mol. The summed E-state index contributed by atoms with van der Waals surface area (Å²) in [7, 11) is 0. The Hall–Kier alpha value is -0.0400. The minimum Gasteiger partial charge on any atom is -0.310 e. The minimum atomic E-state index is 0.255. The molecule has 0 rings (SSSR count). The van der Waals surface area contributed by atoms with Crippen LogP contribution in [0.2, 0.25) is 0 Å². The van der Waals surface area contributed by atoms with Crippen LogP contribution < -0.4 is 5.32 Å². The van der Waals surface area contributed by atoms with Crippen LogP contribution in [0.25, 0.3) is 0 Å². The molecule has 0 bridgehead atoms. The Labute approximate surface area is 103 Å². The number of hydrogen-bond donors (Lipinski definition) is 1. The van der Waals surface area contributed by atoms with Gasteiger partial charge in [0.15, 0.2) is 0 Å². The van der Waals surface area contributed by atoms with E-state index in [2.05, 4.69) is 53.8 Å². The molecule has 2 atom stereocenters. The second kappa shape index (κ2) is 7.32. The summed E-state index contributed by atoms with van der Waals surface area (Å²) in [6.45, 7) is 16.1. The van der Waals surface area contributed by atoms with E-state index in [1.807, 2.05) is 0 Å². The summed E-state index contributed by atoms with van der Waals surface area (Å²) in [5.74, 6) is 1.72. The Morgan fingerprint density at radius 1 is 0.875 bits per heavy atom. The van der Waals surface area contributed by atoms with Crippen molar-refractivity contribution in [2.24, 2.45) is 11.8 Å². The van der Waals surface area contributed by atoms with Gasteiger partial charge in [0, 0.05) is 11.6 Å². The molecule has 0 fully saturated rings. The van der Waals surface area contributed by atoms with Crippen molar-refractivity contribution in [2.45, 2.75) is 85.7 Å². The van der Waals surface area contributed by atoms with Gasteiger partial charge in [0.25, 0.3) is 0 Å². The third-order valence-corrected chi connectivity index (χ3v) is 3.36. The van der Waals surface area contributed by atoms with E-state index in [9.17, 15) is 0 Å². The lowest BCUT2D eigenvalue weighted by Crippen LogP contribution is -2.42. The van der Waals surface area contributed by atoms with Crippen molar-refractivity contribution >= 4 is 0 Å². The van der Waals surface area contributed by atoms with Crippen LogP contribution in [0.1, 0.15) is 74.1 Å². The van der Waals surface area contributed by atoms with Gasteiger partial charge in [-0.25, -0.2) is 0 Å². The van der Waals surface area contributed by atoms with Gasteiger partial charge in [-0.3, -0.25) is 0 Å². The van der Waals surface area contributed by atoms with Gasteiger partial charge in [0.1, 0.15) is 0 Å². The standard InChI is InChI=1S/C15H33N/c1-12(2)13(3)10-8-9-11-14(4)16-15(5,6)7/h12-14,16H,8-11H2,1-7H3/t13-,14?/m1/s1. The number of rotatable bonds is 7. The van der Waals surface area contributed by atoms with E-state index < -0.39 is 0 Å². The molecule has 0 aromatic carbocycles. The van der Waals surface area contributed by atoms with Gasteiger partial charge >= 0.3 is 0 Å². The molecule has 1 heteroatoms. The summed E-state index contributed by atoms with van der Waals surface area (Å²) >= 11 is 0. The van der Waals surface area contributed by atoms with E-state index in [-0.39, 0.29) is 5.54 Å². The van der Waals surface area contributed by atoms with Gasteiger partial charge in [-0.05, 0) is 46.0 Å². The maximum absolute atomic E-state index is 3.63. The molecular weight excluding hydrogens is 194 g/mol. The fourth-order valence-electron chi connectivity index (χ4n) is 2.06. The lowest BCUT2D eigenvalue weighted by atomic mass is 9.92. The topological polar surface area (TPSA) is 12.0 Å². The first-order valence-electron chi connectivity index (χ1n) is 7.00. The second-order valence-electron chi connectivity index (χ2n) is 6.80. The average molecular weight is 227 g/mol. The van der Waals surface area contributed by atoms with Gasteiger partial charge in [0.2, 0.25) is 0 Å². The van der Waals surface area contributed by atoms with Crippen LogP contribution in [0.5, 0.6) is 0 Å². The molecule has 98 valence electrons. The molecule has 0 heterocycles. The van der Waals surface area contributed by atoms with Crippen molar-refractivity contribution < 1.29 is 0 Å². The second-order valence-corrected chi connectivity index (χ2v) is 6.80. The van der Waals surface area contributed by atoms with Crippen molar-refractivity contribution in [1.29, 1.82) is 0 Å². The highest BCUT2D eigenvalue weighted by atomic mass is 15.0. The van der Waals surface area contributed by atoms with Crippen molar-refractivity contribution in [3.63, 3.8) is 0 Å². The molecule has 0 amide bonds. The molecule has 1 unspecified atom stereocenters. The Morgan fingerprint density at radius 2 is 1.38 bits per heavy atom. The van der Waals surface area contributed by atoms with Crippen LogP contribution in [-0.4, -0.2) is 11.6 Å². The SMILES string of the molecule is CC(CCCC[C@@H](C)C(C)C)NC(C)(C)C. The zero-order valence-corrected chi connectivity index (χ0v) is 12.6. The largest absolute Gasteiger partial charge is 0.310 e. The Bertz CT molecular complexity index is 167. The first kappa shape index (κ1) is 16.0. The maximum Gasteiger partial charge on any atom is 0.00989 e. The molecule has 0 spiro atoms. The predicted molar refractivity (Wildman–Crippen MR) is 74.8 cm³/mol. The normalized spacial score (nSPS) is 16.5. The molecule has 0 aromatic heterocycles. The minimum absolute atomic E-state index is 0.255. The lowest BCUT2D eigenvalue weighted by Gasteiger charge is -2.26. The first-order chi connectivity index (χ1) is 7.22. The third kappa shape index (κ3) is 9.21. The highest BCUT2D eigenvalue weighted by Gasteiger charge is 2.13. The van der Waals surface area contributed by atoms with Crippen LogP contribution in [0, 0.1) is 11.8 Å². The molecule has 16 heavy (non-hydrogen) atoms. The summed E-state index contributed by atoms with van der Waals surface area (Å²) in [6, 6.07) is 0.648. The molecule has 0 aliphatic rings. The van der Waals surface area contributed by atoms with E-state index >= 15 is 0 Å². The smallest absolute Gasteiger partial charge is 0.00989 e. The highest BCUT2D eigenvalue weighted by Crippen LogP contribution is 2.18. The quantitative estimate of drug-likeness (QED) is 0.626. The van der Waals surface area contributed by atoms with Gasteiger partial charge in [0.05, 0.1) is 0 Å². The molecule has 1 nitrogen and oxygen atoms in total. The summed E-state index contributed by atoms with van der Waals surface area (Å²) in [4.78, 5) is 0. The van der Waals surface area contributed by atoms with E-state index in [0.29, 0.717) is 6.04 Å². The predicted octanol–water partition coefficient (Wildman–Crippen LogP) is 4.62. The van der Waals surface area contributed by atoms with Crippen LogP contribution in [0.15, 0.2) is 0 Å². The molecule has 0 aromatic rings. The first-order valence-corrected chi connectivity index (χ1v) is 7.00. The van der Waals surface area contributed by atoms with Gasteiger partial charge < -0.3 is 5.32 Å². The summed E-state index contributed by atoms with van der Waals surface area (Å²) in [5.41, 5.74) is 0.255. The van der Waals surface area contributed by atoms with Crippen LogP contribution in [0.3, 0.4) is 0 Å². The third-order valence-electron chi connectivity index (χ3n) is 3.36. The van der Waals surface area contributed by atoms with E-state index in [1.54, 1.807) is 0 Å². The number of hydrogen-bond acceptors (Lipinski definition) is 1. The average Bonchev–Trinajstić information content (AvgIpc) is 2.08. The molecule has 0 aliphatic carbocycles. The van der Waals surface area contributed by atoms with E-state index in [1.165, 1.54) is 25.7 Å². The number of unbranched alkanes of at least 4 members (excludes halogenated alkanes) is 1. The Balaban J connectivity index is 3.52. The zero-order valence-electron chi connectivity index (χ0n) is 12.6. The van der Waals surface area contributed by atoms with Crippen LogP contribution in [-0.2, 0) is 0 Å². The molecule has 0 radical (unpaired) electrons. The maximum atomic E-state index is 3.63. The van der Waals surface area contributed by atoms with Crippen molar-refractivity contribution in [3.8, 4) is 0 Å². The molecule has 0 aliphatic heterocycles. The zero-order chi connectivity index (χ0) is 12.8. The van der Waals surface area contributed by atoms with Gasteiger partial charge in [-0.1, -0.05) is 40.0 Å². The fourth-order valence-corrected chi connectivity index (χ4v) is 2.06. The van der Waals surface area contributed by atoms with Gasteiger partial charge in [-0.15, -0.1) is 0 Å². The van der Waals surface area contributed by atoms with E-state index in [0.717, 1.165) is 11.8 Å². The van der Waals surface area contributed by atoms with E-state index in [4.69, 9.17) is 0 Å². The van der Waals surface area contributed by atoms with Crippen molar-refractivity contribution in [3.05, 3.63) is 0 Å². The van der Waals surface area contributed by atoms with Crippen LogP contribution in [0.4, 0.5) is 0 Å². The van der Waals surface area contributed by atoms with Gasteiger partial charge in [-0.2, -0.15) is 0 Å². The highest BCUT2D eigenvalue weighted by molar-refractivity contribution is 4.75.